The molecular formula is C26H21N5O2. The number of fused-ring (bicyclic) bond motifs is 2. The maximum absolute atomic E-state index is 13.0. The molecule has 7 nitrogen and oxygen atoms in total. The summed E-state index contributed by atoms with van der Waals surface area (Å²) in [5, 5.41) is 4.89. The van der Waals surface area contributed by atoms with Gasteiger partial charge in [-0.2, -0.15) is 0 Å². The van der Waals surface area contributed by atoms with Gasteiger partial charge in [-0.1, -0.05) is 42.5 Å². The average molecular weight is 435 g/mol. The maximum Gasteiger partial charge on any atom is 0.252 e. The summed E-state index contributed by atoms with van der Waals surface area (Å²) >= 11 is 0. The Hall–Kier alpha value is -4.52. The van der Waals surface area contributed by atoms with Gasteiger partial charge in [0.15, 0.2) is 0 Å². The van der Waals surface area contributed by atoms with E-state index in [0.29, 0.717) is 17.8 Å². The number of hydrogen-bond acceptors (Lipinski definition) is 4. The highest BCUT2D eigenvalue weighted by Crippen LogP contribution is 2.22. The normalized spacial score (nSPS) is 12.0. The maximum atomic E-state index is 13.0. The minimum atomic E-state index is -0.840. The van der Waals surface area contributed by atoms with Crippen LogP contribution in [-0.4, -0.2) is 32.8 Å². The lowest BCUT2D eigenvalue weighted by atomic mass is 9.98. The number of pyridine rings is 1. The van der Waals surface area contributed by atoms with Crippen LogP contribution in [0.5, 0.6) is 0 Å². The van der Waals surface area contributed by atoms with Gasteiger partial charge in [0.05, 0.1) is 11.0 Å². The number of nitrogens with one attached hydrogen (secondary N) is 2. The molecule has 7 heteroatoms. The predicted octanol–water partition coefficient (Wildman–Crippen LogP) is 3.60. The summed E-state index contributed by atoms with van der Waals surface area (Å²) < 4.78 is 0. The van der Waals surface area contributed by atoms with Crippen LogP contribution in [0.3, 0.4) is 0 Å². The van der Waals surface area contributed by atoms with E-state index >= 15 is 0 Å². The molecule has 3 aromatic carbocycles. The van der Waals surface area contributed by atoms with Gasteiger partial charge in [-0.05, 0) is 46.7 Å². The second kappa shape index (κ2) is 8.55. The zero-order valence-corrected chi connectivity index (χ0v) is 17.7. The van der Waals surface area contributed by atoms with Crippen LogP contribution in [0.15, 0.2) is 85.2 Å². The van der Waals surface area contributed by atoms with E-state index in [0.717, 1.165) is 32.9 Å². The largest absolute Gasteiger partial charge is 0.368 e. The molecule has 0 saturated carbocycles. The van der Waals surface area contributed by atoms with Gasteiger partial charge in [0.25, 0.3) is 5.91 Å². The molecule has 0 aliphatic carbocycles. The topological polar surface area (TPSA) is 114 Å². The van der Waals surface area contributed by atoms with Crippen LogP contribution in [0.2, 0.25) is 0 Å². The molecule has 0 spiro atoms. The van der Waals surface area contributed by atoms with Crippen LogP contribution in [0.4, 0.5) is 0 Å². The summed E-state index contributed by atoms with van der Waals surface area (Å²) in [6.45, 7) is 0. The minimum Gasteiger partial charge on any atom is -0.368 e. The summed E-state index contributed by atoms with van der Waals surface area (Å²) in [6, 6.07) is 21.9. The third kappa shape index (κ3) is 4.16. The third-order valence-electron chi connectivity index (χ3n) is 5.65. The molecule has 1 unspecified atom stereocenters. The number of hydrogen-bond donors (Lipinski definition) is 3. The Balaban J connectivity index is 1.39. The first-order valence-electron chi connectivity index (χ1n) is 10.6. The van der Waals surface area contributed by atoms with Crippen molar-refractivity contribution in [2.24, 2.45) is 5.73 Å². The predicted molar refractivity (Wildman–Crippen MR) is 127 cm³/mol. The Bertz CT molecular complexity index is 1470. The summed E-state index contributed by atoms with van der Waals surface area (Å²) in [5.41, 5.74) is 9.36. The van der Waals surface area contributed by atoms with Crippen molar-refractivity contribution < 1.29 is 9.59 Å². The Morgan fingerprint density at radius 2 is 1.76 bits per heavy atom. The van der Waals surface area contributed by atoms with Crippen LogP contribution in [-0.2, 0) is 11.2 Å². The van der Waals surface area contributed by atoms with Crippen molar-refractivity contribution >= 4 is 33.6 Å². The van der Waals surface area contributed by atoms with Crippen molar-refractivity contribution in [3.05, 3.63) is 96.3 Å². The van der Waals surface area contributed by atoms with Crippen molar-refractivity contribution in [1.82, 2.24) is 20.3 Å². The lowest BCUT2D eigenvalue weighted by Crippen LogP contribution is -2.45. The number of aromatic nitrogens is 3. The Morgan fingerprint density at radius 1 is 0.970 bits per heavy atom. The number of H-pyrrole nitrogens is 1. The van der Waals surface area contributed by atoms with E-state index in [1.54, 1.807) is 30.6 Å². The van der Waals surface area contributed by atoms with E-state index in [1.165, 1.54) is 0 Å². The van der Waals surface area contributed by atoms with Gasteiger partial charge in [0, 0.05) is 29.9 Å². The number of primary amides is 1. The fraction of sp³-hybridized carbons (Fsp3) is 0.0769. The van der Waals surface area contributed by atoms with Gasteiger partial charge in [0.1, 0.15) is 11.9 Å². The first kappa shape index (κ1) is 20.4. The van der Waals surface area contributed by atoms with Crippen LogP contribution >= 0.6 is 0 Å². The quantitative estimate of drug-likeness (QED) is 0.378. The molecule has 162 valence electrons. The zero-order valence-electron chi connectivity index (χ0n) is 17.7. The molecule has 5 aromatic rings. The monoisotopic (exact) mass is 435 g/mol. The van der Waals surface area contributed by atoms with Gasteiger partial charge < -0.3 is 16.0 Å². The number of benzene rings is 3. The van der Waals surface area contributed by atoms with Crippen LogP contribution in [0, 0.1) is 0 Å². The Morgan fingerprint density at radius 3 is 2.58 bits per heavy atom. The van der Waals surface area contributed by atoms with E-state index in [-0.39, 0.29) is 5.91 Å². The van der Waals surface area contributed by atoms with Gasteiger partial charge in [-0.25, -0.2) is 4.98 Å². The van der Waals surface area contributed by atoms with E-state index < -0.39 is 11.9 Å². The van der Waals surface area contributed by atoms with E-state index in [2.05, 4.69) is 20.3 Å². The highest BCUT2D eigenvalue weighted by molar-refractivity contribution is 6.00. The van der Waals surface area contributed by atoms with Crippen molar-refractivity contribution in [1.29, 1.82) is 0 Å². The molecule has 0 radical (unpaired) electrons. The molecule has 0 bridgehead atoms. The lowest BCUT2D eigenvalue weighted by Gasteiger charge is -2.17. The van der Waals surface area contributed by atoms with Gasteiger partial charge in [-0.3, -0.25) is 14.6 Å². The summed E-state index contributed by atoms with van der Waals surface area (Å²) in [5.74, 6) is -0.268. The van der Waals surface area contributed by atoms with Crippen LogP contribution < -0.4 is 11.1 Å². The first-order valence-corrected chi connectivity index (χ1v) is 10.6. The molecular weight excluding hydrogens is 414 g/mol. The van der Waals surface area contributed by atoms with Crippen LogP contribution in [0.1, 0.15) is 15.9 Å². The molecule has 4 N–H and O–H groups in total. The highest BCUT2D eigenvalue weighted by Gasteiger charge is 2.21. The lowest BCUT2D eigenvalue weighted by molar-refractivity contribution is -0.119. The SMILES string of the molecule is NC(=O)C(Cc1cccc2ccccc12)NC(=O)c1ccc2nc(-c3ccncc3)[nH]c2c1. The summed E-state index contributed by atoms with van der Waals surface area (Å²) in [7, 11) is 0. The second-order valence-corrected chi connectivity index (χ2v) is 7.82. The van der Waals surface area contributed by atoms with Crippen molar-refractivity contribution in [2.45, 2.75) is 12.5 Å². The number of nitrogens with two attached hydrogens (primary N) is 1. The average Bonchev–Trinajstić information content (AvgIpc) is 3.28. The second-order valence-electron chi connectivity index (χ2n) is 7.82. The summed E-state index contributed by atoms with van der Waals surface area (Å²) in [4.78, 5) is 37.0. The molecule has 0 aliphatic rings. The molecule has 0 fully saturated rings. The molecule has 33 heavy (non-hydrogen) atoms. The van der Waals surface area contributed by atoms with E-state index in [4.69, 9.17) is 5.73 Å². The van der Waals surface area contributed by atoms with Crippen LogP contribution in [0.25, 0.3) is 33.2 Å². The van der Waals surface area contributed by atoms with E-state index in [9.17, 15) is 9.59 Å². The molecule has 2 amide bonds. The molecule has 2 aromatic heterocycles. The molecule has 0 saturated heterocycles. The van der Waals surface area contributed by atoms with Gasteiger partial charge >= 0.3 is 0 Å². The molecule has 0 aliphatic heterocycles. The number of rotatable bonds is 6. The number of carbonyl (C=O) groups excluding carboxylic acids is 2. The Labute approximate surface area is 189 Å². The number of amides is 2. The van der Waals surface area contributed by atoms with Gasteiger partial charge in [0.2, 0.25) is 5.91 Å². The number of aromatic amines is 1. The smallest absolute Gasteiger partial charge is 0.252 e. The highest BCUT2D eigenvalue weighted by atomic mass is 16.2. The zero-order chi connectivity index (χ0) is 22.8. The minimum absolute atomic E-state index is 0.306. The number of nitrogens with zero attached hydrogens (tertiary/aromatic N) is 2. The van der Waals surface area contributed by atoms with Crippen molar-refractivity contribution in [3.8, 4) is 11.4 Å². The van der Waals surface area contributed by atoms with E-state index in [1.807, 2.05) is 54.6 Å². The third-order valence-corrected chi connectivity index (χ3v) is 5.65. The summed E-state index contributed by atoms with van der Waals surface area (Å²) in [6.07, 6.45) is 3.70. The number of imidazole rings is 1. The number of carbonyl (C=O) groups is 2. The molecule has 1 atom stereocenters. The standard InChI is InChI=1S/C26H21N5O2/c27-24(32)23(14-18-6-3-5-16-4-1-2-7-20(16)18)31-26(33)19-8-9-21-22(15-19)30-25(29-21)17-10-12-28-13-11-17/h1-13,15,23H,14H2,(H2,27,32)(H,29,30)(H,31,33). The Kier molecular flexibility index (Phi) is 5.28. The van der Waals surface area contributed by atoms with Gasteiger partial charge in [-0.15, -0.1) is 0 Å². The van der Waals surface area contributed by atoms with Crippen molar-refractivity contribution in [3.63, 3.8) is 0 Å². The fourth-order valence-electron chi connectivity index (χ4n) is 3.95. The fourth-order valence-corrected chi connectivity index (χ4v) is 3.95. The van der Waals surface area contributed by atoms with Crippen molar-refractivity contribution in [2.75, 3.05) is 0 Å². The molecule has 2 heterocycles. The molecule has 5 rings (SSSR count). The first-order chi connectivity index (χ1) is 16.1.